The van der Waals surface area contributed by atoms with Gasteiger partial charge in [-0.1, -0.05) is 50.8 Å². The zero-order valence-electron chi connectivity index (χ0n) is 17.7. The molecular weight excluding hydrogens is 382 g/mol. The first-order valence-corrected chi connectivity index (χ1v) is 10.3. The van der Waals surface area contributed by atoms with Crippen LogP contribution in [0, 0.1) is 6.92 Å². The molecule has 1 unspecified atom stereocenters. The lowest BCUT2D eigenvalue weighted by molar-refractivity contribution is -0.131. The van der Waals surface area contributed by atoms with Crippen molar-refractivity contribution in [2.75, 3.05) is 11.1 Å². The van der Waals surface area contributed by atoms with Crippen molar-refractivity contribution in [1.29, 1.82) is 0 Å². The standard InChI is InChI=1S/C21H29N7O2/c1-4-5-6-9-12-21(3)17(29)28(20(30)27-21)13-16-24-18(22)26-19(25-16)23-15-11-8-7-10-14(15)2/h7-8,10-11H,4-6,9,12-13H2,1-3H3,(H,27,30)(H3,22,23,24,25,26). The van der Waals surface area contributed by atoms with E-state index in [1.807, 2.05) is 31.2 Å². The van der Waals surface area contributed by atoms with Gasteiger partial charge in [-0.2, -0.15) is 15.0 Å². The van der Waals surface area contributed by atoms with Crippen LogP contribution in [-0.2, 0) is 11.3 Å². The first-order chi connectivity index (χ1) is 14.3. The predicted octanol–water partition coefficient (Wildman–Crippen LogP) is 3.29. The highest BCUT2D eigenvalue weighted by molar-refractivity contribution is 6.06. The summed E-state index contributed by atoms with van der Waals surface area (Å²) in [6, 6.07) is 7.25. The summed E-state index contributed by atoms with van der Waals surface area (Å²) >= 11 is 0. The molecule has 9 heteroatoms. The highest BCUT2D eigenvalue weighted by Gasteiger charge is 2.47. The number of carbonyl (C=O) groups is 2. The van der Waals surface area contributed by atoms with Crippen LogP contribution < -0.4 is 16.4 Å². The van der Waals surface area contributed by atoms with Crippen LogP contribution in [-0.4, -0.2) is 37.3 Å². The SMILES string of the molecule is CCCCCCC1(C)NC(=O)N(Cc2nc(N)nc(Nc3ccccc3C)n2)C1=O. The first kappa shape index (κ1) is 21.5. The van der Waals surface area contributed by atoms with E-state index < -0.39 is 11.6 Å². The molecule has 0 radical (unpaired) electrons. The third-order valence-corrected chi connectivity index (χ3v) is 5.27. The van der Waals surface area contributed by atoms with Gasteiger partial charge in [0.15, 0.2) is 5.82 Å². The largest absolute Gasteiger partial charge is 0.368 e. The number of urea groups is 1. The van der Waals surface area contributed by atoms with Crippen molar-refractivity contribution < 1.29 is 9.59 Å². The lowest BCUT2D eigenvalue weighted by Gasteiger charge is -2.21. The molecule has 3 amide bonds. The molecule has 0 saturated carbocycles. The van der Waals surface area contributed by atoms with Gasteiger partial charge in [-0.3, -0.25) is 9.69 Å². The number of para-hydroxylation sites is 1. The van der Waals surface area contributed by atoms with Gasteiger partial charge in [0, 0.05) is 5.69 Å². The number of nitrogens with two attached hydrogens (primary N) is 1. The van der Waals surface area contributed by atoms with E-state index in [2.05, 4.69) is 32.5 Å². The average Bonchev–Trinajstić information content (AvgIpc) is 2.90. The number of nitrogen functional groups attached to an aromatic ring is 1. The topological polar surface area (TPSA) is 126 Å². The molecule has 1 saturated heterocycles. The smallest absolute Gasteiger partial charge is 0.325 e. The number of aromatic nitrogens is 3. The fraction of sp³-hybridized carbons (Fsp3) is 0.476. The molecule has 1 fully saturated rings. The Hall–Kier alpha value is -3.23. The van der Waals surface area contributed by atoms with E-state index in [1.165, 1.54) is 0 Å². The van der Waals surface area contributed by atoms with Gasteiger partial charge in [-0.15, -0.1) is 0 Å². The van der Waals surface area contributed by atoms with Gasteiger partial charge >= 0.3 is 6.03 Å². The van der Waals surface area contributed by atoms with E-state index >= 15 is 0 Å². The Morgan fingerprint density at radius 1 is 1.13 bits per heavy atom. The number of aryl methyl sites for hydroxylation is 1. The number of carbonyl (C=O) groups excluding carboxylic acids is 2. The van der Waals surface area contributed by atoms with Crippen molar-refractivity contribution in [3.8, 4) is 0 Å². The number of nitrogens with one attached hydrogen (secondary N) is 2. The molecule has 1 aromatic carbocycles. The molecule has 0 bridgehead atoms. The Balaban J connectivity index is 1.72. The van der Waals surface area contributed by atoms with Crippen LogP contribution in [0.1, 0.15) is 57.3 Å². The van der Waals surface area contributed by atoms with E-state index in [9.17, 15) is 9.59 Å². The fourth-order valence-corrected chi connectivity index (χ4v) is 3.51. The monoisotopic (exact) mass is 411 g/mol. The molecule has 30 heavy (non-hydrogen) atoms. The summed E-state index contributed by atoms with van der Waals surface area (Å²) in [5.41, 5.74) is 6.79. The summed E-state index contributed by atoms with van der Waals surface area (Å²) in [5, 5.41) is 5.93. The normalized spacial score (nSPS) is 18.6. The molecule has 3 rings (SSSR count). The number of anilines is 3. The molecule has 1 aliphatic heterocycles. The lowest BCUT2D eigenvalue weighted by Crippen LogP contribution is -2.43. The van der Waals surface area contributed by atoms with Gasteiger partial charge in [0.25, 0.3) is 5.91 Å². The summed E-state index contributed by atoms with van der Waals surface area (Å²) in [5.74, 6) is 0.264. The minimum absolute atomic E-state index is 0.0189. The first-order valence-electron chi connectivity index (χ1n) is 10.3. The van der Waals surface area contributed by atoms with Crippen molar-refractivity contribution in [3.63, 3.8) is 0 Å². The number of imide groups is 1. The number of hydrogen-bond donors (Lipinski definition) is 3. The molecular formula is C21H29N7O2. The van der Waals surface area contributed by atoms with Crippen molar-refractivity contribution in [1.82, 2.24) is 25.2 Å². The van der Waals surface area contributed by atoms with Gasteiger partial charge in [-0.25, -0.2) is 4.79 Å². The van der Waals surface area contributed by atoms with Crippen molar-refractivity contribution >= 4 is 29.5 Å². The van der Waals surface area contributed by atoms with E-state index in [-0.39, 0.29) is 30.2 Å². The molecule has 160 valence electrons. The second-order valence-electron chi connectivity index (χ2n) is 7.84. The third kappa shape index (κ3) is 4.84. The summed E-state index contributed by atoms with van der Waals surface area (Å²) in [6.45, 7) is 5.80. The molecule has 1 aromatic heterocycles. The zero-order valence-corrected chi connectivity index (χ0v) is 17.7. The molecule has 2 heterocycles. The van der Waals surface area contributed by atoms with Gasteiger partial charge in [0.05, 0.1) is 6.54 Å². The summed E-state index contributed by atoms with van der Waals surface area (Å²) in [7, 11) is 0. The van der Waals surface area contributed by atoms with E-state index in [0.29, 0.717) is 6.42 Å². The maximum Gasteiger partial charge on any atom is 0.325 e. The number of rotatable bonds is 9. The molecule has 4 N–H and O–H groups in total. The Morgan fingerprint density at radius 3 is 2.63 bits per heavy atom. The molecule has 9 nitrogen and oxygen atoms in total. The minimum atomic E-state index is -0.897. The quantitative estimate of drug-likeness (QED) is 0.427. The van der Waals surface area contributed by atoms with E-state index in [0.717, 1.165) is 41.8 Å². The second kappa shape index (κ2) is 9.06. The fourth-order valence-electron chi connectivity index (χ4n) is 3.51. The van der Waals surface area contributed by atoms with Crippen molar-refractivity contribution in [3.05, 3.63) is 35.7 Å². The summed E-state index contributed by atoms with van der Waals surface area (Å²) in [4.78, 5) is 39.1. The second-order valence-corrected chi connectivity index (χ2v) is 7.84. The zero-order chi connectivity index (χ0) is 21.7. The number of hydrogen-bond acceptors (Lipinski definition) is 7. The minimum Gasteiger partial charge on any atom is -0.368 e. The van der Waals surface area contributed by atoms with Gasteiger partial charge < -0.3 is 16.4 Å². The van der Waals surface area contributed by atoms with Crippen LogP contribution in [0.3, 0.4) is 0 Å². The molecule has 0 aliphatic carbocycles. The molecule has 1 atom stereocenters. The molecule has 0 spiro atoms. The van der Waals surface area contributed by atoms with Crippen LogP contribution in [0.15, 0.2) is 24.3 Å². The maximum absolute atomic E-state index is 12.9. The number of nitrogens with zero attached hydrogens (tertiary/aromatic N) is 4. The van der Waals surface area contributed by atoms with Crippen molar-refractivity contribution in [2.45, 2.75) is 65.0 Å². The van der Waals surface area contributed by atoms with Gasteiger partial charge in [0.2, 0.25) is 11.9 Å². The summed E-state index contributed by atoms with van der Waals surface area (Å²) in [6.07, 6.45) is 4.75. The predicted molar refractivity (Wildman–Crippen MR) is 115 cm³/mol. The van der Waals surface area contributed by atoms with E-state index in [4.69, 9.17) is 5.73 Å². The Bertz CT molecular complexity index is 933. The number of benzene rings is 1. The number of amides is 3. The van der Waals surface area contributed by atoms with Crippen LogP contribution in [0.25, 0.3) is 0 Å². The summed E-state index contributed by atoms with van der Waals surface area (Å²) < 4.78 is 0. The highest BCUT2D eigenvalue weighted by Crippen LogP contribution is 2.25. The van der Waals surface area contributed by atoms with E-state index in [1.54, 1.807) is 6.92 Å². The van der Waals surface area contributed by atoms with Gasteiger partial charge in [-0.05, 0) is 31.9 Å². The number of unbranched alkanes of at least 4 members (excludes halogenated alkanes) is 3. The Labute approximate surface area is 176 Å². The van der Waals surface area contributed by atoms with Gasteiger partial charge in [0.1, 0.15) is 5.54 Å². The van der Waals surface area contributed by atoms with Crippen molar-refractivity contribution in [2.24, 2.45) is 0 Å². The molecule has 1 aliphatic rings. The van der Waals surface area contributed by atoms with Crippen LogP contribution in [0.2, 0.25) is 0 Å². The highest BCUT2D eigenvalue weighted by atomic mass is 16.2. The third-order valence-electron chi connectivity index (χ3n) is 5.27. The lowest BCUT2D eigenvalue weighted by atomic mass is 9.94. The average molecular weight is 412 g/mol. The molecule has 2 aromatic rings. The van der Waals surface area contributed by atoms with Crippen LogP contribution in [0.5, 0.6) is 0 Å². The van der Waals surface area contributed by atoms with Crippen LogP contribution >= 0.6 is 0 Å². The maximum atomic E-state index is 12.9. The Morgan fingerprint density at radius 2 is 1.90 bits per heavy atom. The Kier molecular flexibility index (Phi) is 6.49. The van der Waals surface area contributed by atoms with Crippen LogP contribution in [0.4, 0.5) is 22.4 Å².